The summed E-state index contributed by atoms with van der Waals surface area (Å²) >= 11 is 0. The highest BCUT2D eigenvalue weighted by Gasteiger charge is 2.19. The van der Waals surface area contributed by atoms with Crippen LogP contribution in [0, 0.1) is 5.92 Å². The molecule has 0 aromatic rings. The Hall–Kier alpha value is -2.32. The second-order valence-electron chi connectivity index (χ2n) is 4.50. The van der Waals surface area contributed by atoms with Crippen molar-refractivity contribution in [3.63, 3.8) is 0 Å². The van der Waals surface area contributed by atoms with Crippen molar-refractivity contribution in [3.8, 4) is 0 Å². The summed E-state index contributed by atoms with van der Waals surface area (Å²) in [5.74, 6) is -2.86. The Morgan fingerprint density at radius 1 is 1.00 bits per heavy atom. The largest absolute Gasteiger partial charge is 0.480 e. The van der Waals surface area contributed by atoms with Crippen LogP contribution in [-0.2, 0) is 14.4 Å². The van der Waals surface area contributed by atoms with E-state index in [0.717, 1.165) is 0 Å². The van der Waals surface area contributed by atoms with Crippen LogP contribution in [0.3, 0.4) is 0 Å². The highest BCUT2D eigenvalue weighted by atomic mass is 16.4. The van der Waals surface area contributed by atoms with Gasteiger partial charge in [-0.05, 0) is 5.92 Å². The van der Waals surface area contributed by atoms with Crippen LogP contribution >= 0.6 is 0 Å². The number of rotatable bonds is 8. The van der Waals surface area contributed by atoms with Crippen LogP contribution in [-0.4, -0.2) is 65.2 Å². The van der Waals surface area contributed by atoms with Gasteiger partial charge in [-0.2, -0.15) is 0 Å². The molecule has 0 radical (unpaired) electrons. The van der Waals surface area contributed by atoms with E-state index in [1.807, 2.05) is 13.8 Å². The fourth-order valence-electron chi connectivity index (χ4n) is 1.17. The van der Waals surface area contributed by atoms with E-state index in [1.54, 1.807) is 0 Å². The Kier molecular flexibility index (Phi) is 7.71. The third-order valence-corrected chi connectivity index (χ3v) is 2.05. The third-order valence-electron chi connectivity index (χ3n) is 2.05. The minimum Gasteiger partial charge on any atom is -0.480 e. The van der Waals surface area contributed by atoms with Crippen LogP contribution in [0.4, 0.5) is 4.79 Å². The van der Waals surface area contributed by atoms with Crippen LogP contribution < -0.4 is 10.6 Å². The quantitative estimate of drug-likeness (QED) is 0.449. The van der Waals surface area contributed by atoms with Gasteiger partial charge in [-0.3, -0.25) is 14.4 Å². The molecule has 0 spiro atoms. The first-order valence-electron chi connectivity index (χ1n) is 5.95. The molecular weight excluding hydrogens is 270 g/mol. The number of urea groups is 1. The molecule has 0 aromatic heterocycles. The third kappa shape index (κ3) is 8.72. The Labute approximate surface area is 115 Å². The van der Waals surface area contributed by atoms with Gasteiger partial charge < -0.3 is 25.7 Å². The smallest absolute Gasteiger partial charge is 0.323 e. The lowest BCUT2D eigenvalue weighted by atomic mass is 10.2. The highest BCUT2D eigenvalue weighted by Crippen LogP contribution is 1.90. The number of nitrogens with one attached hydrogen (secondary N) is 2. The molecule has 0 saturated heterocycles. The Bertz CT molecular complexity index is 366. The van der Waals surface area contributed by atoms with E-state index >= 15 is 0 Å². The van der Waals surface area contributed by atoms with Crippen LogP contribution in [0.1, 0.15) is 13.8 Å². The molecule has 0 atom stereocenters. The van der Waals surface area contributed by atoms with Gasteiger partial charge >= 0.3 is 18.0 Å². The lowest BCUT2D eigenvalue weighted by Gasteiger charge is -2.19. The van der Waals surface area contributed by atoms with Gasteiger partial charge in [0.15, 0.2) is 0 Å². The zero-order valence-electron chi connectivity index (χ0n) is 11.4. The van der Waals surface area contributed by atoms with E-state index in [-0.39, 0.29) is 12.5 Å². The molecule has 0 unspecified atom stereocenters. The van der Waals surface area contributed by atoms with Crippen molar-refractivity contribution in [3.05, 3.63) is 0 Å². The molecule has 0 bridgehead atoms. The number of carbonyl (C=O) groups is 4. The summed E-state index contributed by atoms with van der Waals surface area (Å²) in [6, 6.07) is -0.922. The van der Waals surface area contributed by atoms with Crippen LogP contribution in [0.25, 0.3) is 0 Å². The first kappa shape index (κ1) is 17.7. The second-order valence-corrected chi connectivity index (χ2v) is 4.50. The van der Waals surface area contributed by atoms with E-state index in [9.17, 15) is 19.2 Å². The Balaban J connectivity index is 4.27. The SMILES string of the molecule is CC(C)CNC(=O)CNC(=O)N(CC(=O)O)CC(=O)O. The molecule has 0 aromatic carbocycles. The summed E-state index contributed by atoms with van der Waals surface area (Å²) in [4.78, 5) is 44.5. The van der Waals surface area contributed by atoms with Crippen molar-refractivity contribution in [2.24, 2.45) is 5.92 Å². The maximum absolute atomic E-state index is 11.6. The predicted octanol–water partition coefficient (Wildman–Crippen LogP) is -1.06. The van der Waals surface area contributed by atoms with Gasteiger partial charge in [0.25, 0.3) is 0 Å². The summed E-state index contributed by atoms with van der Waals surface area (Å²) in [6.07, 6.45) is 0. The average Bonchev–Trinajstić information content (AvgIpc) is 2.31. The molecule has 0 heterocycles. The molecule has 0 aliphatic heterocycles. The van der Waals surface area contributed by atoms with Gasteiger partial charge in [-0.25, -0.2) is 4.79 Å². The van der Waals surface area contributed by atoms with Gasteiger partial charge in [0.2, 0.25) is 5.91 Å². The fraction of sp³-hybridized carbons (Fsp3) is 0.636. The number of nitrogens with zero attached hydrogens (tertiary/aromatic N) is 1. The average molecular weight is 289 g/mol. The van der Waals surface area contributed by atoms with E-state index in [2.05, 4.69) is 10.6 Å². The zero-order chi connectivity index (χ0) is 15.7. The predicted molar refractivity (Wildman–Crippen MR) is 68.1 cm³/mol. The lowest BCUT2D eigenvalue weighted by Crippen LogP contribution is -2.48. The van der Waals surface area contributed by atoms with Crippen molar-refractivity contribution in [1.29, 1.82) is 0 Å². The van der Waals surface area contributed by atoms with E-state index in [1.165, 1.54) is 0 Å². The first-order valence-corrected chi connectivity index (χ1v) is 5.95. The number of aliphatic carboxylic acids is 2. The number of hydrogen-bond acceptors (Lipinski definition) is 4. The molecule has 0 aliphatic carbocycles. The van der Waals surface area contributed by atoms with Crippen LogP contribution in [0.2, 0.25) is 0 Å². The maximum atomic E-state index is 11.6. The van der Waals surface area contributed by atoms with Gasteiger partial charge in [0.1, 0.15) is 13.1 Å². The summed E-state index contributed by atoms with van der Waals surface area (Å²) in [5.41, 5.74) is 0. The summed E-state index contributed by atoms with van der Waals surface area (Å²) in [5, 5.41) is 21.9. The molecule has 4 N–H and O–H groups in total. The molecule has 114 valence electrons. The molecule has 20 heavy (non-hydrogen) atoms. The van der Waals surface area contributed by atoms with Crippen LogP contribution in [0.5, 0.6) is 0 Å². The summed E-state index contributed by atoms with van der Waals surface area (Å²) < 4.78 is 0. The van der Waals surface area contributed by atoms with Crippen LogP contribution in [0.15, 0.2) is 0 Å². The van der Waals surface area contributed by atoms with E-state index < -0.39 is 37.0 Å². The topological polar surface area (TPSA) is 136 Å². The first-order chi connectivity index (χ1) is 9.22. The minimum absolute atomic E-state index is 0.255. The maximum Gasteiger partial charge on any atom is 0.323 e. The number of hydrogen-bond donors (Lipinski definition) is 4. The van der Waals surface area contributed by atoms with Gasteiger partial charge in [-0.1, -0.05) is 13.8 Å². The number of carboxylic acids is 2. The molecule has 9 nitrogen and oxygen atoms in total. The summed E-state index contributed by atoms with van der Waals surface area (Å²) in [7, 11) is 0. The molecular formula is C11H19N3O6. The van der Waals surface area contributed by atoms with Crippen molar-refractivity contribution < 1.29 is 29.4 Å². The van der Waals surface area contributed by atoms with Crippen molar-refractivity contribution in [2.75, 3.05) is 26.2 Å². The fourth-order valence-corrected chi connectivity index (χ4v) is 1.17. The molecule has 9 heteroatoms. The van der Waals surface area contributed by atoms with Gasteiger partial charge in [0, 0.05) is 6.54 Å². The number of amides is 3. The molecule has 0 fully saturated rings. The van der Waals surface area contributed by atoms with Crippen molar-refractivity contribution in [2.45, 2.75) is 13.8 Å². The Morgan fingerprint density at radius 3 is 1.90 bits per heavy atom. The Morgan fingerprint density at radius 2 is 1.50 bits per heavy atom. The van der Waals surface area contributed by atoms with Gasteiger partial charge in [-0.15, -0.1) is 0 Å². The van der Waals surface area contributed by atoms with E-state index in [0.29, 0.717) is 11.4 Å². The second kappa shape index (κ2) is 8.73. The molecule has 3 amide bonds. The van der Waals surface area contributed by atoms with Crippen molar-refractivity contribution >= 4 is 23.9 Å². The molecule has 0 rings (SSSR count). The lowest BCUT2D eigenvalue weighted by molar-refractivity contribution is -0.140. The molecule has 0 saturated carbocycles. The number of carboxylic acid groups (broad SMARTS) is 2. The molecule has 0 aliphatic rings. The van der Waals surface area contributed by atoms with Crippen molar-refractivity contribution in [1.82, 2.24) is 15.5 Å². The summed E-state index contributed by atoms with van der Waals surface area (Å²) in [6.45, 7) is 2.39. The standard InChI is InChI=1S/C11H19N3O6/c1-7(2)3-12-8(15)4-13-11(20)14(5-9(16)17)6-10(18)19/h7H,3-6H2,1-2H3,(H,12,15)(H,13,20)(H,16,17)(H,18,19). The number of carbonyl (C=O) groups excluding carboxylic acids is 2. The zero-order valence-corrected chi connectivity index (χ0v) is 11.4. The monoisotopic (exact) mass is 289 g/mol. The van der Waals surface area contributed by atoms with Gasteiger partial charge in [0.05, 0.1) is 6.54 Å². The normalized spacial score (nSPS) is 9.95. The highest BCUT2D eigenvalue weighted by molar-refractivity contribution is 5.87. The minimum atomic E-state index is -1.34. The van der Waals surface area contributed by atoms with E-state index in [4.69, 9.17) is 10.2 Å².